The average Bonchev–Trinajstić information content (AvgIpc) is 2.62. The van der Waals surface area contributed by atoms with Crippen molar-refractivity contribution >= 4 is 17.1 Å². The van der Waals surface area contributed by atoms with E-state index in [0.717, 1.165) is 16.5 Å². The van der Waals surface area contributed by atoms with E-state index < -0.39 is 0 Å². The molecule has 1 aromatic heterocycles. The number of benzene rings is 1. The van der Waals surface area contributed by atoms with Gasteiger partial charge >= 0.3 is 0 Å². The molecule has 0 aliphatic carbocycles. The van der Waals surface area contributed by atoms with Crippen LogP contribution in [-0.4, -0.2) is 18.3 Å². The lowest BCUT2D eigenvalue weighted by Gasteiger charge is -1.94. The molecule has 1 aromatic carbocycles. The number of hydrogen-bond donors (Lipinski definition) is 1. The summed E-state index contributed by atoms with van der Waals surface area (Å²) in [5.74, 6) is 0. The zero-order valence-electron chi connectivity index (χ0n) is 7.32. The molecule has 3 heteroatoms. The van der Waals surface area contributed by atoms with Crippen LogP contribution in [0.15, 0.2) is 35.6 Å². The van der Waals surface area contributed by atoms with Crippen molar-refractivity contribution in [1.29, 1.82) is 0 Å². The van der Waals surface area contributed by atoms with Crippen molar-refractivity contribution in [3.63, 3.8) is 0 Å². The van der Waals surface area contributed by atoms with Crippen LogP contribution >= 0.6 is 0 Å². The zero-order chi connectivity index (χ0) is 9.10. The first-order chi connectivity index (χ1) is 6.42. The SMILES string of the molecule is CON=Cc1cccc2[nH]ccc12. The van der Waals surface area contributed by atoms with E-state index in [1.165, 1.54) is 7.11 Å². The third-order valence-corrected chi connectivity index (χ3v) is 1.93. The van der Waals surface area contributed by atoms with Crippen LogP contribution in [0.1, 0.15) is 5.56 Å². The second kappa shape index (κ2) is 3.31. The average molecular weight is 174 g/mol. The Hall–Kier alpha value is -1.77. The smallest absolute Gasteiger partial charge is 0.106 e. The molecule has 0 amide bonds. The second-order valence-corrected chi connectivity index (χ2v) is 2.70. The molecule has 1 N–H and O–H groups in total. The van der Waals surface area contributed by atoms with E-state index in [0.29, 0.717) is 0 Å². The van der Waals surface area contributed by atoms with E-state index in [-0.39, 0.29) is 0 Å². The fourth-order valence-corrected chi connectivity index (χ4v) is 1.33. The lowest BCUT2D eigenvalue weighted by molar-refractivity contribution is 0.215. The van der Waals surface area contributed by atoms with Crippen LogP contribution in [0.2, 0.25) is 0 Å². The van der Waals surface area contributed by atoms with Gasteiger partial charge in [-0.25, -0.2) is 0 Å². The number of aromatic amines is 1. The number of oxime groups is 1. The number of fused-ring (bicyclic) bond motifs is 1. The Labute approximate surface area is 76.0 Å². The van der Waals surface area contributed by atoms with Crippen LogP contribution < -0.4 is 0 Å². The van der Waals surface area contributed by atoms with Crippen LogP contribution in [0.3, 0.4) is 0 Å². The number of rotatable bonds is 2. The summed E-state index contributed by atoms with van der Waals surface area (Å²) in [7, 11) is 1.54. The Morgan fingerprint density at radius 3 is 3.15 bits per heavy atom. The van der Waals surface area contributed by atoms with E-state index in [9.17, 15) is 0 Å². The molecule has 1 heterocycles. The molecule has 3 nitrogen and oxygen atoms in total. The summed E-state index contributed by atoms with van der Waals surface area (Å²) in [5, 5.41) is 4.89. The van der Waals surface area contributed by atoms with Gasteiger partial charge in [-0.15, -0.1) is 0 Å². The zero-order valence-corrected chi connectivity index (χ0v) is 7.32. The van der Waals surface area contributed by atoms with Gasteiger partial charge in [-0.1, -0.05) is 17.3 Å². The molecule has 2 rings (SSSR count). The molecule has 0 unspecified atom stereocenters. The predicted molar refractivity (Wildman–Crippen MR) is 52.9 cm³/mol. The molecular formula is C10H10N2O. The van der Waals surface area contributed by atoms with Crippen LogP contribution in [0.25, 0.3) is 10.9 Å². The predicted octanol–water partition coefficient (Wildman–Crippen LogP) is 2.15. The van der Waals surface area contributed by atoms with Crippen LogP contribution in [0.4, 0.5) is 0 Å². The number of nitrogens with zero attached hydrogens (tertiary/aromatic N) is 1. The first-order valence-electron chi connectivity index (χ1n) is 4.04. The van der Waals surface area contributed by atoms with Gasteiger partial charge < -0.3 is 9.82 Å². The van der Waals surface area contributed by atoms with Crippen molar-refractivity contribution in [1.82, 2.24) is 4.98 Å². The molecule has 2 aromatic rings. The standard InChI is InChI=1S/C10H10N2O/c1-13-12-7-8-3-2-4-10-9(8)5-6-11-10/h2-7,11H,1H3. The van der Waals surface area contributed by atoms with Crippen LogP contribution in [-0.2, 0) is 4.84 Å². The highest BCUT2D eigenvalue weighted by molar-refractivity contribution is 5.98. The monoisotopic (exact) mass is 174 g/mol. The van der Waals surface area contributed by atoms with Gasteiger partial charge in [0.15, 0.2) is 0 Å². The normalized spacial score (nSPS) is 11.2. The molecule has 13 heavy (non-hydrogen) atoms. The molecule has 0 saturated carbocycles. The first kappa shape index (κ1) is 7.86. The third-order valence-electron chi connectivity index (χ3n) is 1.93. The first-order valence-corrected chi connectivity index (χ1v) is 4.04. The van der Waals surface area contributed by atoms with Crippen molar-refractivity contribution < 1.29 is 4.84 Å². The van der Waals surface area contributed by atoms with Crippen molar-refractivity contribution in [3.05, 3.63) is 36.0 Å². The Bertz CT molecular complexity index is 431. The Balaban J connectivity index is 2.54. The van der Waals surface area contributed by atoms with Gasteiger partial charge in [0.25, 0.3) is 0 Å². The van der Waals surface area contributed by atoms with Gasteiger partial charge in [0.2, 0.25) is 0 Å². The van der Waals surface area contributed by atoms with Gasteiger partial charge in [0.1, 0.15) is 7.11 Å². The minimum atomic E-state index is 1.06. The van der Waals surface area contributed by atoms with Gasteiger partial charge in [0, 0.05) is 22.7 Å². The van der Waals surface area contributed by atoms with E-state index in [4.69, 9.17) is 0 Å². The molecule has 0 fully saturated rings. The largest absolute Gasteiger partial charge is 0.399 e. The number of H-pyrrole nitrogens is 1. The summed E-state index contributed by atoms with van der Waals surface area (Å²) < 4.78 is 0. The van der Waals surface area contributed by atoms with Crippen molar-refractivity contribution in [2.45, 2.75) is 0 Å². The maximum atomic E-state index is 4.63. The lowest BCUT2D eigenvalue weighted by Crippen LogP contribution is -1.82. The van der Waals surface area contributed by atoms with E-state index in [2.05, 4.69) is 15.0 Å². The number of nitrogens with one attached hydrogen (secondary N) is 1. The van der Waals surface area contributed by atoms with E-state index in [1.807, 2.05) is 30.5 Å². The highest BCUT2D eigenvalue weighted by Gasteiger charge is 1.97. The minimum Gasteiger partial charge on any atom is -0.399 e. The topological polar surface area (TPSA) is 37.4 Å². The van der Waals surface area contributed by atoms with E-state index >= 15 is 0 Å². The molecule has 0 atom stereocenters. The molecule has 0 aliphatic heterocycles. The second-order valence-electron chi connectivity index (χ2n) is 2.70. The summed E-state index contributed by atoms with van der Waals surface area (Å²) in [4.78, 5) is 7.76. The fraction of sp³-hybridized carbons (Fsp3) is 0.100. The quantitative estimate of drug-likeness (QED) is 0.549. The fourth-order valence-electron chi connectivity index (χ4n) is 1.33. The maximum Gasteiger partial charge on any atom is 0.106 e. The molecule has 66 valence electrons. The van der Waals surface area contributed by atoms with Gasteiger partial charge in [0.05, 0.1) is 6.21 Å². The van der Waals surface area contributed by atoms with Crippen LogP contribution in [0, 0.1) is 0 Å². The Morgan fingerprint density at radius 2 is 2.31 bits per heavy atom. The van der Waals surface area contributed by atoms with Crippen molar-refractivity contribution in [2.24, 2.45) is 5.16 Å². The minimum absolute atomic E-state index is 1.06. The molecule has 0 radical (unpaired) electrons. The Kier molecular flexibility index (Phi) is 2.00. The van der Waals surface area contributed by atoms with Gasteiger partial charge in [-0.2, -0.15) is 0 Å². The molecule has 0 aliphatic rings. The maximum absolute atomic E-state index is 4.63. The third kappa shape index (κ3) is 1.40. The van der Waals surface area contributed by atoms with Crippen molar-refractivity contribution in [2.75, 3.05) is 7.11 Å². The summed E-state index contributed by atoms with van der Waals surface area (Å²) in [6.45, 7) is 0. The van der Waals surface area contributed by atoms with Crippen molar-refractivity contribution in [3.8, 4) is 0 Å². The van der Waals surface area contributed by atoms with E-state index in [1.54, 1.807) is 6.21 Å². The molecule has 0 bridgehead atoms. The summed E-state index contributed by atoms with van der Waals surface area (Å²) in [6, 6.07) is 8.03. The Morgan fingerprint density at radius 1 is 1.38 bits per heavy atom. The highest BCUT2D eigenvalue weighted by atomic mass is 16.6. The van der Waals surface area contributed by atoms with Gasteiger partial charge in [-0.3, -0.25) is 0 Å². The van der Waals surface area contributed by atoms with Gasteiger partial charge in [-0.05, 0) is 12.1 Å². The lowest BCUT2D eigenvalue weighted by atomic mass is 10.1. The number of hydrogen-bond acceptors (Lipinski definition) is 2. The summed E-state index contributed by atoms with van der Waals surface area (Å²) in [5.41, 5.74) is 2.17. The summed E-state index contributed by atoms with van der Waals surface area (Å²) in [6.07, 6.45) is 3.62. The molecular weight excluding hydrogens is 164 g/mol. The summed E-state index contributed by atoms with van der Waals surface area (Å²) >= 11 is 0. The van der Waals surface area contributed by atoms with Crippen LogP contribution in [0.5, 0.6) is 0 Å². The molecule has 0 spiro atoms. The number of aromatic nitrogens is 1. The molecule has 0 saturated heterocycles. The highest BCUT2D eigenvalue weighted by Crippen LogP contribution is 2.15.